The molecule has 0 saturated heterocycles. The lowest BCUT2D eigenvalue weighted by Crippen LogP contribution is -2.34. The summed E-state index contributed by atoms with van der Waals surface area (Å²) in [6.45, 7) is 2.69. The van der Waals surface area contributed by atoms with Gasteiger partial charge in [0.2, 0.25) is 0 Å². The highest BCUT2D eigenvalue weighted by Crippen LogP contribution is 2.11. The number of nitrogens with one attached hydrogen (secondary N) is 2. The molecule has 1 aromatic rings. The summed E-state index contributed by atoms with van der Waals surface area (Å²) in [7, 11) is 1.54. The molecule has 0 bridgehead atoms. The Morgan fingerprint density at radius 2 is 1.95 bits per heavy atom. The van der Waals surface area contributed by atoms with Gasteiger partial charge in [0.25, 0.3) is 5.91 Å². The summed E-state index contributed by atoms with van der Waals surface area (Å²) in [4.78, 5) is 22.8. The molecule has 6 nitrogen and oxygen atoms in total. The fourth-order valence-electron chi connectivity index (χ4n) is 1.39. The molecule has 0 heterocycles. The monoisotopic (exact) mass is 266 g/mol. The predicted molar refractivity (Wildman–Crippen MR) is 70.4 cm³/mol. The summed E-state index contributed by atoms with van der Waals surface area (Å²) >= 11 is 0. The maximum absolute atomic E-state index is 11.8. The highest BCUT2D eigenvalue weighted by atomic mass is 16.5. The van der Waals surface area contributed by atoms with Crippen LogP contribution in [-0.4, -0.2) is 38.8 Å². The molecule has 0 aliphatic carbocycles. The van der Waals surface area contributed by atoms with Crippen LogP contribution in [0.3, 0.4) is 0 Å². The Morgan fingerprint density at radius 3 is 2.63 bits per heavy atom. The highest BCUT2D eigenvalue weighted by Gasteiger charge is 2.06. The van der Waals surface area contributed by atoms with Crippen molar-refractivity contribution < 1.29 is 19.1 Å². The minimum atomic E-state index is -0.488. The lowest BCUT2D eigenvalue weighted by Gasteiger charge is -2.07. The summed E-state index contributed by atoms with van der Waals surface area (Å²) < 4.78 is 9.72. The standard InChI is InChI=1S/C13H18N2O4/c1-3-19-13(17)15-8-7-14-12(16)10-5-4-6-11(9-10)18-2/h4-6,9H,3,7-8H2,1-2H3,(H,14,16)(H,15,17). The number of amides is 2. The van der Waals surface area contributed by atoms with Gasteiger partial charge in [-0.1, -0.05) is 6.07 Å². The maximum Gasteiger partial charge on any atom is 0.407 e. The zero-order valence-corrected chi connectivity index (χ0v) is 11.1. The van der Waals surface area contributed by atoms with Crippen LogP contribution in [0.4, 0.5) is 4.79 Å². The van der Waals surface area contributed by atoms with Crippen LogP contribution in [0.1, 0.15) is 17.3 Å². The second-order valence-corrected chi connectivity index (χ2v) is 3.64. The SMILES string of the molecule is CCOC(=O)NCCNC(=O)c1cccc(OC)c1. The third kappa shape index (κ3) is 5.29. The van der Waals surface area contributed by atoms with Crippen LogP contribution in [0.2, 0.25) is 0 Å². The molecule has 2 amide bonds. The molecular weight excluding hydrogens is 248 g/mol. The lowest BCUT2D eigenvalue weighted by atomic mass is 10.2. The largest absolute Gasteiger partial charge is 0.497 e. The summed E-state index contributed by atoms with van der Waals surface area (Å²) in [5.74, 6) is 0.404. The van der Waals surface area contributed by atoms with Gasteiger partial charge in [0.05, 0.1) is 13.7 Å². The van der Waals surface area contributed by atoms with Crippen LogP contribution in [-0.2, 0) is 4.74 Å². The quantitative estimate of drug-likeness (QED) is 0.758. The topological polar surface area (TPSA) is 76.7 Å². The van der Waals surface area contributed by atoms with Crippen LogP contribution in [0.5, 0.6) is 5.75 Å². The van der Waals surface area contributed by atoms with E-state index in [-0.39, 0.29) is 5.91 Å². The number of methoxy groups -OCH3 is 1. The van der Waals surface area contributed by atoms with Gasteiger partial charge < -0.3 is 20.1 Å². The van der Waals surface area contributed by atoms with Gasteiger partial charge in [0.1, 0.15) is 5.75 Å². The van der Waals surface area contributed by atoms with Gasteiger partial charge in [-0.3, -0.25) is 4.79 Å². The fourth-order valence-corrected chi connectivity index (χ4v) is 1.39. The minimum Gasteiger partial charge on any atom is -0.497 e. The van der Waals surface area contributed by atoms with Crippen molar-refractivity contribution >= 4 is 12.0 Å². The first-order chi connectivity index (χ1) is 9.17. The number of alkyl carbamates (subject to hydrolysis) is 1. The summed E-state index contributed by atoms with van der Waals surface area (Å²) in [6, 6.07) is 6.84. The van der Waals surface area contributed by atoms with E-state index in [2.05, 4.69) is 15.4 Å². The normalized spacial score (nSPS) is 9.58. The van der Waals surface area contributed by atoms with Gasteiger partial charge in [-0.2, -0.15) is 0 Å². The van der Waals surface area contributed by atoms with Crippen molar-refractivity contribution in [2.24, 2.45) is 0 Å². The van der Waals surface area contributed by atoms with Gasteiger partial charge in [0, 0.05) is 18.7 Å². The number of hydrogen-bond acceptors (Lipinski definition) is 4. The molecule has 1 rings (SSSR count). The lowest BCUT2D eigenvalue weighted by molar-refractivity contribution is 0.0952. The molecule has 2 N–H and O–H groups in total. The second kappa shape index (κ2) is 7.97. The first-order valence-corrected chi connectivity index (χ1v) is 6.00. The van der Waals surface area contributed by atoms with E-state index < -0.39 is 6.09 Å². The Kier molecular flexibility index (Phi) is 6.21. The van der Waals surface area contributed by atoms with Gasteiger partial charge >= 0.3 is 6.09 Å². The van der Waals surface area contributed by atoms with Crippen LogP contribution < -0.4 is 15.4 Å². The Balaban J connectivity index is 2.33. The predicted octanol–water partition coefficient (Wildman–Crippen LogP) is 1.17. The van der Waals surface area contributed by atoms with Crippen LogP contribution in [0.15, 0.2) is 24.3 Å². The molecule has 0 aliphatic rings. The van der Waals surface area contributed by atoms with Gasteiger partial charge in [-0.25, -0.2) is 4.79 Å². The van der Waals surface area contributed by atoms with Crippen molar-refractivity contribution in [1.29, 1.82) is 0 Å². The summed E-state index contributed by atoms with van der Waals surface area (Å²) in [6.07, 6.45) is -0.488. The number of rotatable bonds is 6. The highest BCUT2D eigenvalue weighted by molar-refractivity contribution is 5.94. The van der Waals surface area contributed by atoms with Crippen molar-refractivity contribution in [3.8, 4) is 5.75 Å². The fraction of sp³-hybridized carbons (Fsp3) is 0.385. The van der Waals surface area contributed by atoms with E-state index in [0.717, 1.165) is 0 Å². The van der Waals surface area contributed by atoms with Crippen molar-refractivity contribution in [3.05, 3.63) is 29.8 Å². The molecule has 0 atom stereocenters. The first kappa shape index (κ1) is 14.8. The Labute approximate surface area is 112 Å². The van der Waals surface area contributed by atoms with Gasteiger partial charge in [-0.05, 0) is 25.1 Å². The van der Waals surface area contributed by atoms with Crippen molar-refractivity contribution in [1.82, 2.24) is 10.6 Å². The molecule has 1 aromatic carbocycles. The van der Waals surface area contributed by atoms with Crippen LogP contribution in [0, 0.1) is 0 Å². The zero-order chi connectivity index (χ0) is 14.1. The molecular formula is C13H18N2O4. The van der Waals surface area contributed by atoms with E-state index in [4.69, 9.17) is 4.74 Å². The molecule has 0 unspecified atom stereocenters. The average Bonchev–Trinajstić information content (AvgIpc) is 2.43. The zero-order valence-electron chi connectivity index (χ0n) is 11.1. The molecule has 0 aliphatic heterocycles. The summed E-state index contributed by atoms with van der Waals surface area (Å²) in [5, 5.41) is 5.20. The smallest absolute Gasteiger partial charge is 0.407 e. The molecule has 6 heteroatoms. The Bertz CT molecular complexity index is 434. The Hall–Kier alpha value is -2.24. The minimum absolute atomic E-state index is 0.218. The van der Waals surface area contributed by atoms with E-state index in [1.165, 1.54) is 0 Å². The van der Waals surface area contributed by atoms with Gasteiger partial charge in [0.15, 0.2) is 0 Å². The number of carbonyl (C=O) groups excluding carboxylic acids is 2. The van der Waals surface area contributed by atoms with E-state index in [9.17, 15) is 9.59 Å². The van der Waals surface area contributed by atoms with Crippen molar-refractivity contribution in [2.75, 3.05) is 26.8 Å². The number of ether oxygens (including phenoxy) is 2. The molecule has 0 fully saturated rings. The molecule has 0 aromatic heterocycles. The number of carbonyl (C=O) groups is 2. The van der Waals surface area contributed by atoms with E-state index in [1.54, 1.807) is 38.3 Å². The van der Waals surface area contributed by atoms with Crippen LogP contribution >= 0.6 is 0 Å². The summed E-state index contributed by atoms with van der Waals surface area (Å²) in [5.41, 5.74) is 0.510. The third-order valence-electron chi connectivity index (χ3n) is 2.29. The number of hydrogen-bond donors (Lipinski definition) is 2. The first-order valence-electron chi connectivity index (χ1n) is 6.00. The third-order valence-corrected chi connectivity index (χ3v) is 2.29. The molecule has 19 heavy (non-hydrogen) atoms. The second-order valence-electron chi connectivity index (χ2n) is 3.64. The van der Waals surface area contributed by atoms with E-state index >= 15 is 0 Å². The molecule has 104 valence electrons. The van der Waals surface area contributed by atoms with E-state index in [1.807, 2.05) is 0 Å². The molecule has 0 radical (unpaired) electrons. The molecule has 0 spiro atoms. The van der Waals surface area contributed by atoms with Crippen molar-refractivity contribution in [3.63, 3.8) is 0 Å². The van der Waals surface area contributed by atoms with Crippen molar-refractivity contribution in [2.45, 2.75) is 6.92 Å². The van der Waals surface area contributed by atoms with Crippen LogP contribution in [0.25, 0.3) is 0 Å². The Morgan fingerprint density at radius 1 is 1.21 bits per heavy atom. The number of benzene rings is 1. The van der Waals surface area contributed by atoms with Gasteiger partial charge in [-0.15, -0.1) is 0 Å². The van der Waals surface area contributed by atoms with E-state index in [0.29, 0.717) is 31.0 Å². The molecule has 0 saturated carbocycles. The average molecular weight is 266 g/mol. The maximum atomic E-state index is 11.8.